The number of carbonyl (C=O) groups excluding carboxylic acids is 1. The van der Waals surface area contributed by atoms with E-state index < -0.39 is 5.09 Å². The molecule has 0 aromatic heterocycles. The highest BCUT2D eigenvalue weighted by molar-refractivity contribution is 5.48. The summed E-state index contributed by atoms with van der Waals surface area (Å²) in [5, 5.41) is 8.81. The standard InChI is InChI=1S/C6H11NO4/c8-5-3-1-2-4-6-11-7(9)10/h5H,1-4,6H2. The lowest BCUT2D eigenvalue weighted by molar-refractivity contribution is -0.757. The van der Waals surface area contributed by atoms with Crippen molar-refractivity contribution in [3.05, 3.63) is 10.1 Å². The number of unbranched alkanes of at least 4 members (excludes halogenated alkanes) is 3. The van der Waals surface area contributed by atoms with E-state index in [1.165, 1.54) is 0 Å². The fourth-order valence-electron chi connectivity index (χ4n) is 0.646. The third-order valence-electron chi connectivity index (χ3n) is 1.16. The molecule has 0 saturated heterocycles. The maximum atomic E-state index is 9.81. The Morgan fingerprint density at radius 1 is 1.36 bits per heavy atom. The van der Waals surface area contributed by atoms with Crippen LogP contribution in [0, 0.1) is 10.1 Å². The third-order valence-corrected chi connectivity index (χ3v) is 1.16. The first-order valence-corrected chi connectivity index (χ1v) is 3.48. The molecule has 0 heterocycles. The van der Waals surface area contributed by atoms with Crippen molar-refractivity contribution in [2.75, 3.05) is 6.61 Å². The highest BCUT2D eigenvalue weighted by Gasteiger charge is 1.93. The molecule has 0 spiro atoms. The number of hydrogen-bond acceptors (Lipinski definition) is 4. The topological polar surface area (TPSA) is 69.4 Å². The monoisotopic (exact) mass is 161 g/mol. The Morgan fingerprint density at radius 2 is 2.09 bits per heavy atom. The minimum Gasteiger partial charge on any atom is -0.314 e. The van der Waals surface area contributed by atoms with Gasteiger partial charge in [0, 0.05) is 6.42 Å². The van der Waals surface area contributed by atoms with Gasteiger partial charge in [-0.25, -0.2) is 0 Å². The van der Waals surface area contributed by atoms with Gasteiger partial charge in [-0.2, -0.15) is 0 Å². The summed E-state index contributed by atoms with van der Waals surface area (Å²) in [7, 11) is 0. The Labute approximate surface area is 64.4 Å². The average molecular weight is 161 g/mol. The van der Waals surface area contributed by atoms with Crippen molar-refractivity contribution in [2.45, 2.75) is 25.7 Å². The van der Waals surface area contributed by atoms with Gasteiger partial charge in [0.1, 0.15) is 6.29 Å². The molecule has 0 rings (SSSR count). The summed E-state index contributed by atoms with van der Waals surface area (Å²) in [6.07, 6.45) is 3.58. The summed E-state index contributed by atoms with van der Waals surface area (Å²) >= 11 is 0. The zero-order valence-corrected chi connectivity index (χ0v) is 6.19. The number of nitrogens with zero attached hydrogens (tertiary/aromatic N) is 1. The van der Waals surface area contributed by atoms with E-state index >= 15 is 0 Å². The molecule has 0 N–H and O–H groups in total. The highest BCUT2D eigenvalue weighted by atomic mass is 16.9. The molecule has 0 aliphatic rings. The van der Waals surface area contributed by atoms with Crippen LogP contribution in [0.2, 0.25) is 0 Å². The average Bonchev–Trinajstić information content (AvgIpc) is 1.96. The van der Waals surface area contributed by atoms with Crippen molar-refractivity contribution in [1.82, 2.24) is 0 Å². The van der Waals surface area contributed by atoms with Gasteiger partial charge in [0.25, 0.3) is 5.09 Å². The van der Waals surface area contributed by atoms with Gasteiger partial charge >= 0.3 is 0 Å². The van der Waals surface area contributed by atoms with Gasteiger partial charge < -0.3 is 9.63 Å². The largest absolute Gasteiger partial charge is 0.314 e. The Hall–Kier alpha value is -1.13. The van der Waals surface area contributed by atoms with Gasteiger partial charge in [-0.05, 0) is 12.8 Å². The normalized spacial score (nSPS) is 9.09. The smallest absolute Gasteiger partial charge is 0.294 e. The Morgan fingerprint density at radius 3 is 2.64 bits per heavy atom. The van der Waals surface area contributed by atoms with E-state index in [0.717, 1.165) is 19.1 Å². The summed E-state index contributed by atoms with van der Waals surface area (Å²) in [6, 6.07) is 0. The van der Waals surface area contributed by atoms with Gasteiger partial charge in [-0.1, -0.05) is 6.42 Å². The summed E-state index contributed by atoms with van der Waals surface area (Å²) in [5.74, 6) is 0. The molecule has 5 heteroatoms. The van der Waals surface area contributed by atoms with Crippen LogP contribution in [0.15, 0.2) is 0 Å². The number of rotatable bonds is 7. The van der Waals surface area contributed by atoms with Gasteiger partial charge in [0.05, 0.1) is 6.61 Å². The van der Waals surface area contributed by atoms with Crippen molar-refractivity contribution in [2.24, 2.45) is 0 Å². The molecule has 0 radical (unpaired) electrons. The first-order chi connectivity index (χ1) is 5.27. The fourth-order valence-corrected chi connectivity index (χ4v) is 0.646. The van der Waals surface area contributed by atoms with E-state index in [1.807, 2.05) is 0 Å². The van der Waals surface area contributed by atoms with Gasteiger partial charge in [-0.15, -0.1) is 10.1 Å². The molecular formula is C6H11NO4. The molecule has 0 aliphatic carbocycles. The minimum atomic E-state index is -0.806. The van der Waals surface area contributed by atoms with Gasteiger partial charge in [0.2, 0.25) is 0 Å². The molecule has 0 amide bonds. The van der Waals surface area contributed by atoms with Crippen molar-refractivity contribution < 1.29 is 14.7 Å². The maximum absolute atomic E-state index is 9.81. The van der Waals surface area contributed by atoms with Gasteiger partial charge in [0.15, 0.2) is 0 Å². The number of hydrogen-bond donors (Lipinski definition) is 0. The van der Waals surface area contributed by atoms with Crippen LogP contribution in [-0.2, 0) is 9.63 Å². The minimum absolute atomic E-state index is 0.131. The zero-order chi connectivity index (χ0) is 8.53. The molecule has 64 valence electrons. The van der Waals surface area contributed by atoms with Crippen LogP contribution < -0.4 is 0 Å². The molecular weight excluding hydrogens is 150 g/mol. The first kappa shape index (κ1) is 9.87. The summed E-state index contributed by atoms with van der Waals surface area (Å²) in [6.45, 7) is 0.131. The molecule has 5 nitrogen and oxygen atoms in total. The van der Waals surface area contributed by atoms with Crippen LogP contribution in [0.25, 0.3) is 0 Å². The fraction of sp³-hybridized carbons (Fsp3) is 0.833. The summed E-state index contributed by atoms with van der Waals surface area (Å²) in [5.41, 5.74) is 0. The quantitative estimate of drug-likeness (QED) is 0.241. The molecule has 0 unspecified atom stereocenters. The molecule has 0 aromatic rings. The molecule has 0 fully saturated rings. The lowest BCUT2D eigenvalue weighted by Crippen LogP contribution is -2.01. The second-order valence-corrected chi connectivity index (χ2v) is 2.07. The van der Waals surface area contributed by atoms with Crippen LogP contribution in [-0.4, -0.2) is 18.0 Å². The predicted octanol–water partition coefficient (Wildman–Crippen LogP) is 0.954. The van der Waals surface area contributed by atoms with E-state index in [1.54, 1.807) is 0 Å². The second kappa shape index (κ2) is 6.98. The van der Waals surface area contributed by atoms with E-state index in [9.17, 15) is 14.9 Å². The molecule has 0 aromatic carbocycles. The molecule has 11 heavy (non-hydrogen) atoms. The Balaban J connectivity index is 2.90. The molecule has 0 bridgehead atoms. The van der Waals surface area contributed by atoms with Crippen LogP contribution >= 0.6 is 0 Å². The molecule has 0 aliphatic heterocycles. The van der Waals surface area contributed by atoms with E-state index in [4.69, 9.17) is 0 Å². The Bertz CT molecular complexity index is 126. The van der Waals surface area contributed by atoms with Crippen LogP contribution in [0.3, 0.4) is 0 Å². The SMILES string of the molecule is O=CCCCCCO[N+](=O)[O-]. The summed E-state index contributed by atoms with van der Waals surface area (Å²) in [4.78, 5) is 23.5. The van der Waals surface area contributed by atoms with Crippen molar-refractivity contribution >= 4 is 6.29 Å². The highest BCUT2D eigenvalue weighted by Crippen LogP contribution is 1.97. The first-order valence-electron chi connectivity index (χ1n) is 3.48. The predicted molar refractivity (Wildman–Crippen MR) is 37.5 cm³/mol. The molecule has 0 saturated carbocycles. The van der Waals surface area contributed by atoms with Gasteiger partial charge in [-0.3, -0.25) is 0 Å². The number of carbonyl (C=O) groups is 1. The van der Waals surface area contributed by atoms with Crippen LogP contribution in [0.4, 0.5) is 0 Å². The second-order valence-electron chi connectivity index (χ2n) is 2.07. The van der Waals surface area contributed by atoms with E-state index in [0.29, 0.717) is 12.8 Å². The third kappa shape index (κ3) is 8.87. The van der Waals surface area contributed by atoms with E-state index in [-0.39, 0.29) is 6.61 Å². The van der Waals surface area contributed by atoms with Crippen LogP contribution in [0.5, 0.6) is 0 Å². The maximum Gasteiger partial charge on any atom is 0.294 e. The summed E-state index contributed by atoms with van der Waals surface area (Å²) < 4.78 is 0. The van der Waals surface area contributed by atoms with Crippen LogP contribution in [0.1, 0.15) is 25.7 Å². The zero-order valence-electron chi connectivity index (χ0n) is 6.19. The lowest BCUT2D eigenvalue weighted by Gasteiger charge is -1.96. The molecule has 0 atom stereocenters. The number of aldehydes is 1. The Kier molecular flexibility index (Phi) is 6.27. The van der Waals surface area contributed by atoms with E-state index in [2.05, 4.69) is 4.84 Å². The van der Waals surface area contributed by atoms with Crippen molar-refractivity contribution in [3.63, 3.8) is 0 Å². The van der Waals surface area contributed by atoms with Crippen molar-refractivity contribution in [1.29, 1.82) is 0 Å². The lowest BCUT2D eigenvalue weighted by atomic mass is 10.2. The van der Waals surface area contributed by atoms with Crippen molar-refractivity contribution in [3.8, 4) is 0 Å².